The zero-order valence-electron chi connectivity index (χ0n) is 13.0. The first kappa shape index (κ1) is 15.4. The molecular weight excluding hydrogens is 292 g/mol. The lowest BCUT2D eigenvalue weighted by atomic mass is 9.86. The Hall–Kier alpha value is -2.50. The van der Waals surface area contributed by atoms with Crippen LogP contribution in [-0.2, 0) is 4.74 Å². The summed E-state index contributed by atoms with van der Waals surface area (Å²) in [6.07, 6.45) is 2.28. The Morgan fingerprint density at radius 1 is 1.35 bits per heavy atom. The van der Waals surface area contributed by atoms with E-state index in [1.165, 1.54) is 7.11 Å². The smallest absolute Gasteiger partial charge is 0.409 e. The summed E-state index contributed by atoms with van der Waals surface area (Å²) < 4.78 is 4.83. The molecule has 5 heteroatoms. The van der Waals surface area contributed by atoms with E-state index in [4.69, 9.17) is 10.00 Å². The van der Waals surface area contributed by atoms with E-state index in [1.54, 1.807) is 23.1 Å². The number of ether oxygens (including phenoxy) is 1. The lowest BCUT2D eigenvalue weighted by Crippen LogP contribution is -2.52. The Balaban J connectivity index is 1.79. The predicted octanol–water partition coefficient (Wildman–Crippen LogP) is 2.03. The number of hydrogen-bond acceptors (Lipinski definition) is 4. The molecule has 1 aromatic carbocycles. The molecule has 1 unspecified atom stereocenters. The van der Waals surface area contributed by atoms with E-state index in [2.05, 4.69) is 17.9 Å². The van der Waals surface area contributed by atoms with E-state index in [1.807, 2.05) is 6.07 Å². The van der Waals surface area contributed by atoms with Gasteiger partial charge in [0.1, 0.15) is 5.60 Å². The zero-order valence-corrected chi connectivity index (χ0v) is 13.0. The van der Waals surface area contributed by atoms with Gasteiger partial charge in [-0.2, -0.15) is 5.26 Å². The van der Waals surface area contributed by atoms with E-state index in [-0.39, 0.29) is 18.2 Å². The fourth-order valence-corrected chi connectivity index (χ4v) is 3.59. The largest absolute Gasteiger partial charge is 0.453 e. The number of aliphatic hydroxyl groups is 1. The monoisotopic (exact) mass is 310 g/mol. The molecule has 2 saturated heterocycles. The molecule has 0 aromatic heterocycles. The van der Waals surface area contributed by atoms with Crippen LogP contribution >= 0.6 is 0 Å². The molecule has 1 N–H and O–H groups in total. The Kier molecular flexibility index (Phi) is 3.98. The Morgan fingerprint density at radius 3 is 2.61 bits per heavy atom. The SMILES string of the molecule is COC(=O)N1[C@@H]2CC[C@H]1CC(O)(C#Cc1cccc(C#N)c1)C2. The summed E-state index contributed by atoms with van der Waals surface area (Å²) in [6, 6.07) is 9.04. The van der Waals surface area contributed by atoms with Gasteiger partial charge in [0.25, 0.3) is 0 Å². The van der Waals surface area contributed by atoms with Crippen LogP contribution in [0.15, 0.2) is 24.3 Å². The van der Waals surface area contributed by atoms with Crippen LogP contribution < -0.4 is 0 Å². The molecule has 2 bridgehead atoms. The molecule has 2 fully saturated rings. The van der Waals surface area contributed by atoms with Crippen molar-refractivity contribution < 1.29 is 14.6 Å². The van der Waals surface area contributed by atoms with Crippen LogP contribution in [0.5, 0.6) is 0 Å². The van der Waals surface area contributed by atoms with Crippen LogP contribution in [0, 0.1) is 23.2 Å². The number of carbonyl (C=O) groups is 1. The van der Waals surface area contributed by atoms with Gasteiger partial charge in [-0.1, -0.05) is 17.9 Å². The molecule has 118 valence electrons. The maximum atomic E-state index is 11.8. The number of benzene rings is 1. The number of fused-ring (bicyclic) bond motifs is 2. The molecular formula is C18H18N2O3. The number of methoxy groups -OCH3 is 1. The molecule has 0 spiro atoms. The fraction of sp³-hybridized carbons (Fsp3) is 0.444. The number of nitrogens with zero attached hydrogens (tertiary/aromatic N) is 2. The normalized spacial score (nSPS) is 28.5. The third kappa shape index (κ3) is 3.02. The van der Waals surface area contributed by atoms with Gasteiger partial charge in [-0.15, -0.1) is 0 Å². The number of rotatable bonds is 0. The molecule has 0 saturated carbocycles. The van der Waals surface area contributed by atoms with Gasteiger partial charge in [0.05, 0.1) is 18.7 Å². The van der Waals surface area contributed by atoms with Crippen LogP contribution in [0.1, 0.15) is 36.8 Å². The van der Waals surface area contributed by atoms with Crippen molar-refractivity contribution in [2.45, 2.75) is 43.4 Å². The molecule has 23 heavy (non-hydrogen) atoms. The van der Waals surface area contributed by atoms with Gasteiger partial charge in [0.2, 0.25) is 0 Å². The highest BCUT2D eigenvalue weighted by Gasteiger charge is 2.49. The van der Waals surface area contributed by atoms with E-state index < -0.39 is 5.60 Å². The maximum Gasteiger partial charge on any atom is 0.409 e. The summed E-state index contributed by atoms with van der Waals surface area (Å²) >= 11 is 0. The number of nitriles is 1. The standard InChI is InChI=1S/C18H18N2O3/c1-23-17(21)20-15-5-6-16(20)11-18(22,10-15)8-7-13-3-2-4-14(9-13)12-19/h2-4,9,15-16,22H,5-6,10-11H2,1H3/t15-,16+,18?. The number of carbonyl (C=O) groups excluding carboxylic acids is 1. The molecule has 2 heterocycles. The minimum Gasteiger partial charge on any atom is -0.453 e. The highest BCUT2D eigenvalue weighted by molar-refractivity contribution is 5.69. The van der Waals surface area contributed by atoms with Crippen LogP contribution in [0.2, 0.25) is 0 Å². The fourth-order valence-electron chi connectivity index (χ4n) is 3.59. The second kappa shape index (κ2) is 5.95. The first-order valence-electron chi connectivity index (χ1n) is 7.67. The van der Waals surface area contributed by atoms with Crippen molar-refractivity contribution in [1.82, 2.24) is 4.90 Å². The summed E-state index contributed by atoms with van der Waals surface area (Å²) in [4.78, 5) is 13.6. The molecule has 2 aliphatic heterocycles. The summed E-state index contributed by atoms with van der Waals surface area (Å²) in [5, 5.41) is 19.7. The van der Waals surface area contributed by atoms with Gasteiger partial charge in [0, 0.05) is 30.5 Å². The first-order valence-corrected chi connectivity index (χ1v) is 7.67. The van der Waals surface area contributed by atoms with Gasteiger partial charge in [-0.25, -0.2) is 4.79 Å². The van der Waals surface area contributed by atoms with Crippen molar-refractivity contribution in [3.05, 3.63) is 35.4 Å². The molecule has 1 amide bonds. The lowest BCUT2D eigenvalue weighted by Gasteiger charge is -2.40. The van der Waals surface area contributed by atoms with Gasteiger partial charge in [0.15, 0.2) is 0 Å². The Labute approximate surface area is 135 Å². The number of amides is 1. The van der Waals surface area contributed by atoms with Gasteiger partial charge in [-0.05, 0) is 31.0 Å². The summed E-state index contributed by atoms with van der Waals surface area (Å²) in [5.74, 6) is 5.93. The van der Waals surface area contributed by atoms with Gasteiger partial charge < -0.3 is 14.7 Å². The third-order valence-corrected chi connectivity index (χ3v) is 4.58. The molecule has 0 radical (unpaired) electrons. The van der Waals surface area contributed by atoms with Crippen LogP contribution in [0.25, 0.3) is 0 Å². The van der Waals surface area contributed by atoms with E-state index >= 15 is 0 Å². The van der Waals surface area contributed by atoms with Crippen LogP contribution in [0.3, 0.4) is 0 Å². The van der Waals surface area contributed by atoms with Crippen LogP contribution in [-0.4, -0.2) is 40.9 Å². The average Bonchev–Trinajstić information content (AvgIpc) is 2.85. The Bertz CT molecular complexity index is 712. The second-order valence-electron chi connectivity index (χ2n) is 6.14. The van der Waals surface area contributed by atoms with Crippen molar-refractivity contribution in [3.8, 4) is 17.9 Å². The minimum atomic E-state index is -1.10. The number of piperidine rings is 1. The van der Waals surface area contributed by atoms with Gasteiger partial charge in [-0.3, -0.25) is 0 Å². The highest BCUT2D eigenvalue weighted by atomic mass is 16.5. The quantitative estimate of drug-likeness (QED) is 0.744. The lowest BCUT2D eigenvalue weighted by molar-refractivity contribution is -0.00730. The molecule has 3 rings (SSSR count). The van der Waals surface area contributed by atoms with Gasteiger partial charge >= 0.3 is 6.09 Å². The minimum absolute atomic E-state index is 0.0223. The maximum absolute atomic E-state index is 11.8. The van der Waals surface area contributed by atoms with E-state index in [0.717, 1.165) is 12.8 Å². The summed E-state index contributed by atoms with van der Waals surface area (Å²) in [5.41, 5.74) is 0.156. The third-order valence-electron chi connectivity index (χ3n) is 4.58. The molecule has 5 nitrogen and oxygen atoms in total. The summed E-state index contributed by atoms with van der Waals surface area (Å²) in [7, 11) is 1.38. The van der Waals surface area contributed by atoms with Crippen molar-refractivity contribution in [1.29, 1.82) is 5.26 Å². The number of hydrogen-bond donors (Lipinski definition) is 1. The second-order valence-corrected chi connectivity index (χ2v) is 6.14. The molecule has 1 aromatic rings. The van der Waals surface area contributed by atoms with Crippen molar-refractivity contribution in [2.24, 2.45) is 0 Å². The average molecular weight is 310 g/mol. The molecule has 0 aliphatic carbocycles. The highest BCUT2D eigenvalue weighted by Crippen LogP contribution is 2.40. The summed E-state index contributed by atoms with van der Waals surface area (Å²) in [6.45, 7) is 0. The van der Waals surface area contributed by atoms with E-state index in [0.29, 0.717) is 24.0 Å². The zero-order chi connectivity index (χ0) is 16.4. The first-order chi connectivity index (χ1) is 11.0. The molecule has 3 atom stereocenters. The molecule has 2 aliphatic rings. The van der Waals surface area contributed by atoms with Crippen molar-refractivity contribution >= 4 is 6.09 Å². The van der Waals surface area contributed by atoms with E-state index in [9.17, 15) is 9.90 Å². The Morgan fingerprint density at radius 2 is 2.00 bits per heavy atom. The van der Waals surface area contributed by atoms with Crippen LogP contribution in [0.4, 0.5) is 4.79 Å². The predicted molar refractivity (Wildman–Crippen MR) is 83.3 cm³/mol. The van der Waals surface area contributed by atoms with Crippen molar-refractivity contribution in [3.63, 3.8) is 0 Å². The van der Waals surface area contributed by atoms with Crippen molar-refractivity contribution in [2.75, 3.05) is 7.11 Å². The topological polar surface area (TPSA) is 73.6 Å².